The van der Waals surface area contributed by atoms with Crippen LogP contribution in [-0.2, 0) is 17.3 Å². The molecule has 3 nitrogen and oxygen atoms in total. The van der Waals surface area contributed by atoms with Crippen molar-refractivity contribution in [2.24, 2.45) is 0 Å². The summed E-state index contributed by atoms with van der Waals surface area (Å²) in [5.74, 6) is -1.84. The third kappa shape index (κ3) is 3.45. The summed E-state index contributed by atoms with van der Waals surface area (Å²) in [6.07, 6.45) is -5.43. The molecule has 0 saturated carbocycles. The molecule has 0 spiro atoms. The van der Waals surface area contributed by atoms with Crippen molar-refractivity contribution < 1.29 is 32.0 Å². The van der Waals surface area contributed by atoms with Crippen molar-refractivity contribution >= 4 is 18.4 Å². The van der Waals surface area contributed by atoms with Gasteiger partial charge in [0, 0.05) is 12.0 Å². The largest absolute Gasteiger partial charge is 0.491 e. The normalized spacial score (nSPS) is 16.9. The first-order valence-electron chi connectivity index (χ1n) is 7.53. The molecule has 130 valence electrons. The molecular weight excluding hydrogens is 339 g/mol. The molecule has 2 aromatic carbocycles. The molecule has 1 atom stereocenters. The fraction of sp³-hybridized carbons (Fsp3) is 0.235. The van der Waals surface area contributed by atoms with Crippen molar-refractivity contribution in [1.29, 1.82) is 0 Å². The van der Waals surface area contributed by atoms with E-state index in [1.165, 1.54) is 6.07 Å². The Balaban J connectivity index is 1.91. The van der Waals surface area contributed by atoms with E-state index in [0.29, 0.717) is 17.1 Å². The van der Waals surface area contributed by atoms with Crippen LogP contribution in [0.2, 0.25) is 0 Å². The molecule has 1 aliphatic rings. The molecule has 0 aromatic heterocycles. The molecule has 25 heavy (non-hydrogen) atoms. The first kappa shape index (κ1) is 17.6. The lowest BCUT2D eigenvalue weighted by molar-refractivity contribution is -0.138. The second-order valence-electron chi connectivity index (χ2n) is 5.88. The molecule has 1 unspecified atom stereocenters. The van der Waals surface area contributed by atoms with E-state index in [4.69, 9.17) is 4.65 Å². The van der Waals surface area contributed by atoms with Crippen LogP contribution in [0.4, 0.5) is 17.6 Å². The summed E-state index contributed by atoms with van der Waals surface area (Å²) in [7, 11) is -1.13. The zero-order valence-electron chi connectivity index (χ0n) is 13.1. The van der Waals surface area contributed by atoms with E-state index in [2.05, 4.69) is 0 Å². The predicted octanol–water partition coefficient (Wildman–Crippen LogP) is 3.05. The molecule has 8 heteroatoms. The van der Waals surface area contributed by atoms with Crippen molar-refractivity contribution in [3.05, 3.63) is 64.5 Å². The van der Waals surface area contributed by atoms with Crippen molar-refractivity contribution in [3.8, 4) is 0 Å². The Morgan fingerprint density at radius 3 is 2.64 bits per heavy atom. The molecule has 0 saturated heterocycles. The van der Waals surface area contributed by atoms with E-state index in [1.54, 1.807) is 19.1 Å². The van der Waals surface area contributed by atoms with Gasteiger partial charge >= 0.3 is 13.3 Å². The van der Waals surface area contributed by atoms with E-state index in [1.807, 2.05) is 0 Å². The zero-order valence-corrected chi connectivity index (χ0v) is 13.1. The van der Waals surface area contributed by atoms with Gasteiger partial charge in [0.15, 0.2) is 5.78 Å². The molecule has 0 radical (unpaired) electrons. The molecule has 1 aliphatic heterocycles. The summed E-state index contributed by atoms with van der Waals surface area (Å²) in [5.41, 5.74) is -0.178. The van der Waals surface area contributed by atoms with Crippen LogP contribution in [0.1, 0.15) is 40.1 Å². The molecule has 1 N–H and O–H groups in total. The first-order chi connectivity index (χ1) is 11.7. The maximum Gasteiger partial charge on any atom is 0.491 e. The van der Waals surface area contributed by atoms with Gasteiger partial charge < -0.3 is 9.68 Å². The fourth-order valence-electron chi connectivity index (χ4n) is 2.93. The van der Waals surface area contributed by atoms with Gasteiger partial charge in [-0.3, -0.25) is 4.79 Å². The maximum absolute atomic E-state index is 13.1. The Bertz CT molecular complexity index is 835. The molecule has 2 aromatic rings. The van der Waals surface area contributed by atoms with Crippen LogP contribution < -0.4 is 5.46 Å². The van der Waals surface area contributed by atoms with Crippen LogP contribution in [0.15, 0.2) is 36.4 Å². The summed E-state index contributed by atoms with van der Waals surface area (Å²) in [5, 5.41) is 9.81. The number of carbonyl (C=O) groups excluding carboxylic acids is 1. The average molecular weight is 352 g/mol. The standard InChI is InChI=1S/C17H13BF4O3/c1-9-12-4-2-10(6-15(12)18(24)25-9)7-16(23)13-5-3-11(19)8-14(13)17(20,21)22/h2-6,8-9,24H,7H2,1H3. The Hall–Kier alpha value is -2.19. The molecule has 3 rings (SSSR count). The highest BCUT2D eigenvalue weighted by molar-refractivity contribution is 6.61. The molecule has 0 fully saturated rings. The van der Waals surface area contributed by atoms with E-state index < -0.39 is 36.0 Å². The lowest BCUT2D eigenvalue weighted by Crippen LogP contribution is -2.28. The third-order valence-corrected chi connectivity index (χ3v) is 4.14. The second-order valence-corrected chi connectivity index (χ2v) is 5.88. The molecule has 0 bridgehead atoms. The summed E-state index contributed by atoms with van der Waals surface area (Å²) >= 11 is 0. The Kier molecular flexibility index (Phi) is 4.42. The van der Waals surface area contributed by atoms with E-state index in [0.717, 1.165) is 17.7 Å². The van der Waals surface area contributed by atoms with Gasteiger partial charge in [0.1, 0.15) is 5.82 Å². The van der Waals surface area contributed by atoms with Crippen molar-refractivity contribution in [2.45, 2.75) is 25.6 Å². The van der Waals surface area contributed by atoms with E-state index >= 15 is 0 Å². The lowest BCUT2D eigenvalue weighted by atomic mass is 9.78. The Labute approximate surface area is 141 Å². The van der Waals surface area contributed by atoms with Crippen LogP contribution in [0, 0.1) is 5.82 Å². The van der Waals surface area contributed by atoms with Crippen molar-refractivity contribution in [2.75, 3.05) is 0 Å². The maximum atomic E-state index is 13.1. The molecular formula is C17H13BF4O3. The van der Waals surface area contributed by atoms with Gasteiger partial charge in [0.2, 0.25) is 0 Å². The van der Waals surface area contributed by atoms with Crippen LogP contribution >= 0.6 is 0 Å². The number of fused-ring (bicyclic) bond motifs is 1. The molecule has 0 aliphatic carbocycles. The highest BCUT2D eigenvalue weighted by Gasteiger charge is 2.36. The minimum Gasteiger partial charge on any atom is -0.423 e. The number of hydrogen-bond acceptors (Lipinski definition) is 3. The summed E-state index contributed by atoms with van der Waals surface area (Å²) < 4.78 is 57.5. The number of alkyl halides is 3. The SMILES string of the molecule is CC1OB(O)c2cc(CC(=O)c3ccc(F)cc3C(F)(F)F)ccc21. The Morgan fingerprint density at radius 2 is 1.96 bits per heavy atom. The van der Waals surface area contributed by atoms with E-state index in [9.17, 15) is 27.4 Å². The fourth-order valence-corrected chi connectivity index (χ4v) is 2.93. The second kappa shape index (κ2) is 6.27. The van der Waals surface area contributed by atoms with Crippen molar-refractivity contribution in [1.82, 2.24) is 0 Å². The number of halogens is 4. The van der Waals surface area contributed by atoms with Crippen LogP contribution in [0.5, 0.6) is 0 Å². The van der Waals surface area contributed by atoms with Gasteiger partial charge in [-0.15, -0.1) is 0 Å². The highest BCUT2D eigenvalue weighted by atomic mass is 19.4. The van der Waals surface area contributed by atoms with Crippen LogP contribution in [0.3, 0.4) is 0 Å². The van der Waals surface area contributed by atoms with Gasteiger partial charge in [0.05, 0.1) is 11.7 Å². The first-order valence-corrected chi connectivity index (χ1v) is 7.53. The third-order valence-electron chi connectivity index (χ3n) is 4.14. The topological polar surface area (TPSA) is 46.5 Å². The Morgan fingerprint density at radius 1 is 1.24 bits per heavy atom. The number of Topliss-reactive ketones (excluding diaryl/α,β-unsaturated/α-hetero) is 1. The summed E-state index contributed by atoms with van der Waals surface area (Å²) in [6, 6.07) is 6.80. The average Bonchev–Trinajstić information content (AvgIpc) is 2.80. The molecule has 1 heterocycles. The minimum atomic E-state index is -4.83. The van der Waals surface area contributed by atoms with Crippen molar-refractivity contribution in [3.63, 3.8) is 0 Å². The van der Waals surface area contributed by atoms with Gasteiger partial charge in [-0.2, -0.15) is 13.2 Å². The summed E-state index contributed by atoms with van der Waals surface area (Å²) in [4.78, 5) is 12.3. The number of benzene rings is 2. The predicted molar refractivity (Wildman–Crippen MR) is 83.0 cm³/mol. The summed E-state index contributed by atoms with van der Waals surface area (Å²) in [6.45, 7) is 1.76. The van der Waals surface area contributed by atoms with Crippen LogP contribution in [0.25, 0.3) is 0 Å². The smallest absolute Gasteiger partial charge is 0.423 e. The number of carbonyl (C=O) groups is 1. The zero-order chi connectivity index (χ0) is 18.4. The lowest BCUT2D eigenvalue weighted by Gasteiger charge is -2.12. The number of hydrogen-bond donors (Lipinski definition) is 1. The highest BCUT2D eigenvalue weighted by Crippen LogP contribution is 2.33. The van der Waals surface area contributed by atoms with Gasteiger partial charge in [-0.05, 0) is 41.7 Å². The monoisotopic (exact) mass is 352 g/mol. The molecule has 0 amide bonds. The van der Waals surface area contributed by atoms with E-state index in [-0.39, 0.29) is 12.5 Å². The van der Waals surface area contributed by atoms with Gasteiger partial charge in [-0.25, -0.2) is 4.39 Å². The van der Waals surface area contributed by atoms with Crippen LogP contribution in [-0.4, -0.2) is 17.9 Å². The van der Waals surface area contributed by atoms with Gasteiger partial charge in [-0.1, -0.05) is 18.2 Å². The van der Waals surface area contributed by atoms with Gasteiger partial charge in [0.25, 0.3) is 0 Å². The minimum absolute atomic E-state index is 0.302. The quantitative estimate of drug-likeness (QED) is 0.525. The number of rotatable bonds is 3. The number of ketones is 1.